The normalized spacial score (nSPS) is 11.5. The second-order valence-electron chi connectivity index (χ2n) is 6.41. The first-order chi connectivity index (χ1) is 12.8. The predicted octanol–water partition coefficient (Wildman–Crippen LogP) is 3.26. The minimum atomic E-state index is -1.31. The highest BCUT2D eigenvalue weighted by atomic mass is 17.2. The summed E-state index contributed by atoms with van der Waals surface area (Å²) in [6.07, 6.45) is -0.798. The zero-order valence-electron chi connectivity index (χ0n) is 14.8. The molecule has 3 aromatic rings. The van der Waals surface area contributed by atoms with Gasteiger partial charge in [-0.25, -0.2) is 9.78 Å². The number of hydrogen-bond acceptors (Lipinski definition) is 7. The summed E-state index contributed by atoms with van der Waals surface area (Å²) >= 11 is 0. The highest BCUT2D eigenvalue weighted by Gasteiger charge is 2.29. The lowest BCUT2D eigenvalue weighted by Crippen LogP contribution is -2.25. The third-order valence-electron chi connectivity index (χ3n) is 3.87. The Morgan fingerprint density at radius 3 is 2.59 bits per heavy atom. The minimum absolute atomic E-state index is 0.370. The summed E-state index contributed by atoms with van der Waals surface area (Å²) in [5.74, 6) is -1.87. The van der Waals surface area contributed by atoms with Crippen LogP contribution in [0.25, 0.3) is 22.6 Å². The largest absolute Gasteiger partial charge is 0.481 e. The number of rotatable bonds is 6. The molecule has 27 heavy (non-hydrogen) atoms. The number of carbonyl (C=O) groups is 2. The molecule has 8 nitrogen and oxygen atoms in total. The molecule has 0 radical (unpaired) electrons. The highest BCUT2D eigenvalue weighted by Crippen LogP contribution is 2.34. The van der Waals surface area contributed by atoms with Crippen LogP contribution in [0.1, 0.15) is 25.8 Å². The molecule has 8 heteroatoms. The summed E-state index contributed by atoms with van der Waals surface area (Å²) in [6, 6.07) is 12.7. The Bertz CT molecular complexity index is 994. The van der Waals surface area contributed by atoms with Gasteiger partial charge in [0.15, 0.2) is 5.58 Å². The van der Waals surface area contributed by atoms with Crippen LogP contribution < -0.4 is 5.73 Å². The average molecular weight is 370 g/mol. The molecule has 1 heterocycles. The van der Waals surface area contributed by atoms with E-state index in [0.29, 0.717) is 28.2 Å². The van der Waals surface area contributed by atoms with Gasteiger partial charge in [-0.2, -0.15) is 4.89 Å². The van der Waals surface area contributed by atoms with Gasteiger partial charge in [0.2, 0.25) is 5.89 Å². The maximum Gasteiger partial charge on any atom is 0.353 e. The number of hydrogen-bond donors (Lipinski definition) is 2. The number of oxazole rings is 1. The first-order valence-electron chi connectivity index (χ1n) is 8.12. The van der Waals surface area contributed by atoms with Gasteiger partial charge in [-0.3, -0.25) is 9.68 Å². The lowest BCUT2D eigenvalue weighted by atomic mass is 9.96. The van der Waals surface area contributed by atoms with Crippen LogP contribution in [0.3, 0.4) is 0 Å². The van der Waals surface area contributed by atoms with Gasteiger partial charge in [-0.15, -0.1) is 0 Å². The molecule has 2 aromatic carbocycles. The lowest BCUT2D eigenvalue weighted by Gasteiger charge is -2.24. The van der Waals surface area contributed by atoms with Crippen LogP contribution in [0.2, 0.25) is 0 Å². The molecule has 0 aliphatic heterocycles. The van der Waals surface area contributed by atoms with Crippen LogP contribution in [0.5, 0.6) is 0 Å². The average Bonchev–Trinajstić information content (AvgIpc) is 3.02. The number of fused-ring (bicyclic) bond motifs is 1. The fourth-order valence-electron chi connectivity index (χ4n) is 2.56. The Kier molecular flexibility index (Phi) is 4.83. The molecule has 3 rings (SSSR count). The summed E-state index contributed by atoms with van der Waals surface area (Å²) < 4.78 is 5.82. The Morgan fingerprint density at radius 1 is 1.22 bits per heavy atom. The molecule has 0 saturated carbocycles. The second kappa shape index (κ2) is 7.08. The van der Waals surface area contributed by atoms with E-state index in [1.165, 1.54) is 0 Å². The predicted molar refractivity (Wildman–Crippen MR) is 96.3 cm³/mol. The van der Waals surface area contributed by atoms with Gasteiger partial charge in [0.25, 0.3) is 0 Å². The minimum Gasteiger partial charge on any atom is -0.481 e. The molecular weight excluding hydrogens is 352 g/mol. The quantitative estimate of drug-likeness (QED) is 0.293. The molecule has 140 valence electrons. The zero-order valence-corrected chi connectivity index (χ0v) is 14.8. The van der Waals surface area contributed by atoms with Crippen molar-refractivity contribution in [1.29, 1.82) is 0 Å². The number of aromatic nitrogens is 1. The van der Waals surface area contributed by atoms with E-state index in [1.807, 2.05) is 30.3 Å². The Balaban J connectivity index is 1.88. The van der Waals surface area contributed by atoms with Gasteiger partial charge >= 0.3 is 11.9 Å². The topological polar surface area (TPSA) is 125 Å². The van der Waals surface area contributed by atoms with Gasteiger partial charge in [0.1, 0.15) is 17.5 Å². The Labute approximate surface area is 154 Å². The smallest absolute Gasteiger partial charge is 0.353 e. The van der Waals surface area contributed by atoms with Crippen LogP contribution in [0.15, 0.2) is 46.9 Å². The Hall–Kier alpha value is -3.39. The molecule has 0 amide bonds. The monoisotopic (exact) mass is 370 g/mol. The van der Waals surface area contributed by atoms with Crippen LogP contribution >= 0.6 is 0 Å². The number of anilines is 1. The van der Waals surface area contributed by atoms with E-state index in [1.54, 1.807) is 26.0 Å². The number of nitrogens with two attached hydrogens (primary N) is 1. The van der Waals surface area contributed by atoms with Crippen LogP contribution in [0, 0.1) is 0 Å². The molecule has 0 atom stereocenters. The number of nitrogen functional groups attached to an aromatic ring is 1. The van der Waals surface area contributed by atoms with Crippen LogP contribution in [-0.2, 0) is 25.0 Å². The van der Waals surface area contributed by atoms with Gasteiger partial charge in [0.05, 0.1) is 0 Å². The van der Waals surface area contributed by atoms with E-state index in [4.69, 9.17) is 20.1 Å². The molecule has 0 unspecified atom stereocenters. The first kappa shape index (κ1) is 18.4. The van der Waals surface area contributed by atoms with Crippen molar-refractivity contribution in [1.82, 2.24) is 4.98 Å². The summed E-state index contributed by atoms with van der Waals surface area (Å²) in [5.41, 5.74) is 7.75. The molecule has 1 aromatic heterocycles. The maximum atomic E-state index is 11.4. The number of aliphatic carboxylic acids is 1. The molecular formula is C19H18N2O6. The van der Waals surface area contributed by atoms with Crippen molar-refractivity contribution in [3.63, 3.8) is 0 Å². The molecule has 0 bridgehead atoms. The maximum absolute atomic E-state index is 11.4. The zero-order chi connectivity index (χ0) is 19.6. The first-order valence-corrected chi connectivity index (χ1v) is 8.12. The highest BCUT2D eigenvalue weighted by molar-refractivity contribution is 5.89. The van der Waals surface area contributed by atoms with E-state index in [0.717, 1.165) is 5.56 Å². The van der Waals surface area contributed by atoms with Crippen molar-refractivity contribution in [2.24, 2.45) is 0 Å². The van der Waals surface area contributed by atoms with Crippen LogP contribution in [0.4, 0.5) is 5.69 Å². The fraction of sp³-hybridized carbons (Fsp3) is 0.211. The van der Waals surface area contributed by atoms with E-state index < -0.39 is 24.0 Å². The summed E-state index contributed by atoms with van der Waals surface area (Å²) in [4.78, 5) is 36.1. The fourth-order valence-corrected chi connectivity index (χ4v) is 2.56. The molecule has 0 aliphatic rings. The number of nitrogens with zero attached hydrogens (tertiary/aromatic N) is 1. The van der Waals surface area contributed by atoms with Gasteiger partial charge < -0.3 is 15.3 Å². The molecule has 3 N–H and O–H groups in total. The van der Waals surface area contributed by atoms with E-state index in [2.05, 4.69) is 9.87 Å². The van der Waals surface area contributed by atoms with Crippen molar-refractivity contribution >= 4 is 28.7 Å². The van der Waals surface area contributed by atoms with Crippen molar-refractivity contribution in [3.8, 4) is 11.5 Å². The SMILES string of the molecule is CC(C)(OOC(=O)CC(=O)O)c1cc2oc(-c3ccccc3)nc2cc1N. The number of carboxylic acid groups (broad SMARTS) is 1. The summed E-state index contributed by atoms with van der Waals surface area (Å²) in [5, 5.41) is 8.59. The molecule has 0 fully saturated rings. The second-order valence-corrected chi connectivity index (χ2v) is 6.41. The van der Waals surface area contributed by atoms with Crippen LogP contribution in [-0.4, -0.2) is 22.0 Å². The summed E-state index contributed by atoms with van der Waals surface area (Å²) in [6.45, 7) is 3.26. The number of carbonyl (C=O) groups excluding carboxylic acids is 1. The van der Waals surface area contributed by atoms with Crippen molar-refractivity contribution in [3.05, 3.63) is 48.0 Å². The third-order valence-corrected chi connectivity index (χ3v) is 3.87. The number of benzene rings is 2. The van der Waals surface area contributed by atoms with Gasteiger partial charge in [-0.1, -0.05) is 18.2 Å². The molecule has 0 spiro atoms. The van der Waals surface area contributed by atoms with E-state index >= 15 is 0 Å². The molecule has 0 saturated heterocycles. The van der Waals surface area contributed by atoms with Crippen molar-refractivity contribution < 1.29 is 28.9 Å². The molecule has 0 aliphatic carbocycles. The standard InChI is InChI=1S/C19H18N2O6/c1-19(2,27-26-17(24)10-16(22)23)12-8-15-14(9-13(12)20)21-18(25-15)11-6-4-3-5-7-11/h3-9H,10,20H2,1-2H3,(H,22,23). The van der Waals surface area contributed by atoms with E-state index in [-0.39, 0.29) is 0 Å². The lowest BCUT2D eigenvalue weighted by molar-refractivity contribution is -0.329. The van der Waals surface area contributed by atoms with Gasteiger partial charge in [-0.05, 0) is 38.1 Å². The Morgan fingerprint density at radius 2 is 1.93 bits per heavy atom. The third kappa shape index (κ3) is 4.06. The number of carboxylic acids is 1. The van der Waals surface area contributed by atoms with Crippen molar-refractivity contribution in [2.45, 2.75) is 25.9 Å². The van der Waals surface area contributed by atoms with Gasteiger partial charge in [0, 0.05) is 16.8 Å². The van der Waals surface area contributed by atoms with Crippen molar-refractivity contribution in [2.75, 3.05) is 5.73 Å². The summed E-state index contributed by atoms with van der Waals surface area (Å²) in [7, 11) is 0. The van der Waals surface area contributed by atoms with E-state index in [9.17, 15) is 9.59 Å².